The third kappa shape index (κ3) is 3.23. The number of rotatable bonds is 2. The highest BCUT2D eigenvalue weighted by Crippen LogP contribution is 2.17. The molecule has 0 fully saturated rings. The third-order valence-corrected chi connectivity index (χ3v) is 2.06. The Hall–Kier alpha value is -0.765. The van der Waals surface area contributed by atoms with E-state index in [9.17, 15) is 0 Å². The van der Waals surface area contributed by atoms with Crippen molar-refractivity contribution in [1.82, 2.24) is 0 Å². The molecule has 0 amide bonds. The highest BCUT2D eigenvalue weighted by molar-refractivity contribution is 6.48. The van der Waals surface area contributed by atoms with Gasteiger partial charge in [-0.25, -0.2) is 0 Å². The van der Waals surface area contributed by atoms with Crippen LogP contribution in [0.4, 0.5) is 0 Å². The van der Waals surface area contributed by atoms with Crippen molar-refractivity contribution >= 4 is 24.8 Å². The molecular weight excluding hydrogens is 186 g/mol. The summed E-state index contributed by atoms with van der Waals surface area (Å²) < 4.78 is 0. The van der Waals surface area contributed by atoms with Crippen LogP contribution in [0.5, 0.6) is 0 Å². The van der Waals surface area contributed by atoms with Crippen LogP contribution in [0.1, 0.15) is 11.1 Å². The minimum absolute atomic E-state index is 0.676. The van der Waals surface area contributed by atoms with E-state index in [-0.39, 0.29) is 0 Å². The van der Waals surface area contributed by atoms with Gasteiger partial charge in [-0.15, -0.1) is 0 Å². The van der Waals surface area contributed by atoms with Crippen LogP contribution in [-0.4, -0.2) is 17.2 Å². The number of hydrogen-bond donors (Lipinski definition) is 2. The number of aryl methyl sites for hydroxylation is 1. The average Bonchev–Trinajstić information content (AvgIpc) is 2.07. The Balaban J connectivity index is 2.85. The standard InChI is InChI=1S/C9H10BClO2/c1-7-2-3-8(6-9(7)11)4-5-10(12)13/h2-6,12-13H,1H3/b5-4+. The van der Waals surface area contributed by atoms with Crippen molar-refractivity contribution in [1.29, 1.82) is 0 Å². The van der Waals surface area contributed by atoms with E-state index in [1.165, 1.54) is 5.98 Å². The van der Waals surface area contributed by atoms with Crippen LogP contribution in [-0.2, 0) is 0 Å². The molecule has 0 aliphatic carbocycles. The van der Waals surface area contributed by atoms with Crippen molar-refractivity contribution in [2.45, 2.75) is 6.92 Å². The average molecular weight is 196 g/mol. The molecule has 2 nitrogen and oxygen atoms in total. The van der Waals surface area contributed by atoms with Crippen LogP contribution in [0.25, 0.3) is 6.08 Å². The lowest BCUT2D eigenvalue weighted by Crippen LogP contribution is -2.05. The maximum Gasteiger partial charge on any atom is 0.480 e. The summed E-state index contributed by atoms with van der Waals surface area (Å²) in [5.41, 5.74) is 1.85. The first-order chi connectivity index (χ1) is 6.09. The first-order valence-electron chi connectivity index (χ1n) is 3.90. The predicted molar refractivity (Wildman–Crippen MR) is 55.4 cm³/mol. The highest BCUT2D eigenvalue weighted by Gasteiger charge is 1.99. The summed E-state index contributed by atoms with van der Waals surface area (Å²) in [6.45, 7) is 1.91. The minimum Gasteiger partial charge on any atom is -0.424 e. The molecule has 0 aliphatic rings. The van der Waals surface area contributed by atoms with E-state index in [0.29, 0.717) is 5.02 Å². The fourth-order valence-electron chi connectivity index (χ4n) is 0.910. The Kier molecular flexibility index (Phi) is 3.54. The molecule has 0 aliphatic heterocycles. The van der Waals surface area contributed by atoms with Crippen LogP contribution in [0.3, 0.4) is 0 Å². The fraction of sp³-hybridized carbons (Fsp3) is 0.111. The topological polar surface area (TPSA) is 40.5 Å². The van der Waals surface area contributed by atoms with Gasteiger partial charge in [-0.05, 0) is 24.1 Å². The molecule has 0 saturated carbocycles. The maximum absolute atomic E-state index is 8.57. The van der Waals surface area contributed by atoms with Crippen molar-refractivity contribution in [3.63, 3.8) is 0 Å². The Morgan fingerprint density at radius 2 is 2.08 bits per heavy atom. The van der Waals surface area contributed by atoms with E-state index in [1.807, 2.05) is 19.1 Å². The van der Waals surface area contributed by atoms with Crippen molar-refractivity contribution in [2.75, 3.05) is 0 Å². The molecule has 0 heterocycles. The van der Waals surface area contributed by atoms with Crippen molar-refractivity contribution < 1.29 is 10.0 Å². The van der Waals surface area contributed by atoms with Crippen LogP contribution < -0.4 is 0 Å². The van der Waals surface area contributed by atoms with E-state index in [4.69, 9.17) is 21.6 Å². The van der Waals surface area contributed by atoms with Gasteiger partial charge in [0.15, 0.2) is 0 Å². The molecule has 2 N–H and O–H groups in total. The molecule has 0 spiro atoms. The fourth-order valence-corrected chi connectivity index (χ4v) is 1.10. The van der Waals surface area contributed by atoms with Crippen LogP contribution >= 0.6 is 11.6 Å². The SMILES string of the molecule is Cc1ccc(/C=C/B(O)O)cc1Cl. The molecule has 1 aromatic carbocycles. The zero-order chi connectivity index (χ0) is 9.84. The molecule has 4 heteroatoms. The summed E-state index contributed by atoms with van der Waals surface area (Å²) in [5.74, 6) is 1.28. The van der Waals surface area contributed by atoms with Gasteiger partial charge in [0.05, 0.1) is 0 Å². The zero-order valence-corrected chi connectivity index (χ0v) is 7.99. The van der Waals surface area contributed by atoms with Crippen LogP contribution in [0, 0.1) is 6.92 Å². The normalized spacial score (nSPS) is 10.8. The van der Waals surface area contributed by atoms with Gasteiger partial charge in [0, 0.05) is 5.02 Å². The monoisotopic (exact) mass is 196 g/mol. The van der Waals surface area contributed by atoms with Crippen molar-refractivity contribution in [3.8, 4) is 0 Å². The summed E-state index contributed by atoms with van der Waals surface area (Å²) in [7, 11) is -1.42. The highest BCUT2D eigenvalue weighted by atomic mass is 35.5. The molecule has 0 bridgehead atoms. The first-order valence-corrected chi connectivity index (χ1v) is 4.28. The third-order valence-electron chi connectivity index (χ3n) is 1.66. The second-order valence-corrected chi connectivity index (χ2v) is 3.19. The Bertz CT molecular complexity index is 323. The smallest absolute Gasteiger partial charge is 0.424 e. The van der Waals surface area contributed by atoms with E-state index in [0.717, 1.165) is 11.1 Å². The lowest BCUT2D eigenvalue weighted by Gasteiger charge is -1.98. The van der Waals surface area contributed by atoms with E-state index < -0.39 is 7.12 Å². The van der Waals surface area contributed by atoms with Gasteiger partial charge in [0.2, 0.25) is 0 Å². The summed E-state index contributed by atoms with van der Waals surface area (Å²) >= 11 is 5.87. The molecule has 0 atom stereocenters. The Morgan fingerprint density at radius 1 is 1.38 bits per heavy atom. The Morgan fingerprint density at radius 3 is 2.62 bits per heavy atom. The minimum atomic E-state index is -1.42. The lowest BCUT2D eigenvalue weighted by molar-refractivity contribution is 0.424. The second-order valence-electron chi connectivity index (χ2n) is 2.78. The van der Waals surface area contributed by atoms with E-state index in [2.05, 4.69) is 0 Å². The van der Waals surface area contributed by atoms with Gasteiger partial charge >= 0.3 is 7.12 Å². The van der Waals surface area contributed by atoms with Crippen molar-refractivity contribution in [2.24, 2.45) is 0 Å². The molecule has 1 aromatic rings. The van der Waals surface area contributed by atoms with Gasteiger partial charge < -0.3 is 10.0 Å². The van der Waals surface area contributed by atoms with Crippen molar-refractivity contribution in [3.05, 3.63) is 40.3 Å². The predicted octanol–water partition coefficient (Wildman–Crippen LogP) is 1.67. The number of benzene rings is 1. The summed E-state index contributed by atoms with van der Waals surface area (Å²) in [6, 6.07) is 5.52. The van der Waals surface area contributed by atoms with Gasteiger partial charge in [-0.1, -0.05) is 35.8 Å². The molecular formula is C9H10BClO2. The quantitative estimate of drug-likeness (QED) is 0.707. The molecule has 0 unspecified atom stereocenters. The first kappa shape index (κ1) is 10.3. The Labute approximate surface area is 82.6 Å². The molecule has 0 saturated heterocycles. The van der Waals surface area contributed by atoms with E-state index in [1.54, 1.807) is 12.1 Å². The largest absolute Gasteiger partial charge is 0.480 e. The lowest BCUT2D eigenvalue weighted by atomic mass is 9.91. The molecule has 68 valence electrons. The van der Waals surface area contributed by atoms with Crippen LogP contribution in [0.15, 0.2) is 24.2 Å². The van der Waals surface area contributed by atoms with Gasteiger partial charge in [0.25, 0.3) is 0 Å². The van der Waals surface area contributed by atoms with Gasteiger partial charge in [0.1, 0.15) is 0 Å². The number of halogens is 1. The summed E-state index contributed by atoms with van der Waals surface area (Å²) in [5, 5.41) is 17.8. The van der Waals surface area contributed by atoms with Gasteiger partial charge in [-0.2, -0.15) is 0 Å². The molecule has 0 radical (unpaired) electrons. The molecule has 1 rings (SSSR count). The van der Waals surface area contributed by atoms with E-state index >= 15 is 0 Å². The van der Waals surface area contributed by atoms with Crippen LogP contribution in [0.2, 0.25) is 5.02 Å². The molecule has 0 aromatic heterocycles. The van der Waals surface area contributed by atoms with Gasteiger partial charge in [-0.3, -0.25) is 0 Å². The maximum atomic E-state index is 8.57. The summed E-state index contributed by atoms with van der Waals surface area (Å²) in [4.78, 5) is 0. The molecule has 13 heavy (non-hydrogen) atoms. The summed E-state index contributed by atoms with van der Waals surface area (Å²) in [6.07, 6.45) is 1.61. The number of hydrogen-bond acceptors (Lipinski definition) is 2. The zero-order valence-electron chi connectivity index (χ0n) is 7.24. The second kappa shape index (κ2) is 4.47.